The number of aromatic nitrogens is 1. The zero-order valence-electron chi connectivity index (χ0n) is 21.4. The van der Waals surface area contributed by atoms with Crippen LogP contribution >= 0.6 is 0 Å². The fourth-order valence-electron chi connectivity index (χ4n) is 3.54. The standard InChI is InChI=1S/C16H23N3O3.C9H9FO.C2H6/c1-4-10(2)19(16(21)14-6-5-11(3)22-14)12-7-8-18-13(9-12)15(17)20;10-7-2-1-3-9(6-7)11-8-4-5-8;1-2/h7-11,14H,4-6H2,1-3H3,(H2,17,20);1-3,6,8H,4-5H2;1-2H3. The van der Waals surface area contributed by atoms with E-state index in [1.54, 1.807) is 29.2 Å². The average molecular weight is 488 g/mol. The number of pyridine rings is 1. The molecule has 2 aliphatic rings. The minimum atomic E-state index is -0.607. The molecule has 4 rings (SSSR count). The van der Waals surface area contributed by atoms with E-state index in [-0.39, 0.29) is 29.6 Å². The van der Waals surface area contributed by atoms with Gasteiger partial charge in [0.25, 0.3) is 11.8 Å². The van der Waals surface area contributed by atoms with Crippen molar-refractivity contribution in [3.05, 3.63) is 54.1 Å². The summed E-state index contributed by atoms with van der Waals surface area (Å²) in [6.07, 6.45) is 6.14. The molecule has 1 aromatic carbocycles. The largest absolute Gasteiger partial charge is 0.490 e. The summed E-state index contributed by atoms with van der Waals surface area (Å²) in [6, 6.07) is 9.54. The van der Waals surface area contributed by atoms with Gasteiger partial charge >= 0.3 is 0 Å². The number of carbonyl (C=O) groups is 2. The van der Waals surface area contributed by atoms with Gasteiger partial charge in [-0.2, -0.15) is 0 Å². The molecule has 1 aliphatic heterocycles. The van der Waals surface area contributed by atoms with Gasteiger partial charge < -0.3 is 20.1 Å². The molecule has 3 atom stereocenters. The molecule has 1 aliphatic carbocycles. The molecule has 1 saturated heterocycles. The first-order valence-corrected chi connectivity index (χ1v) is 12.4. The monoisotopic (exact) mass is 487 g/mol. The smallest absolute Gasteiger partial charge is 0.267 e. The maximum atomic E-state index is 12.8. The molecule has 2 aromatic rings. The van der Waals surface area contributed by atoms with Crippen molar-refractivity contribution in [1.29, 1.82) is 0 Å². The first-order chi connectivity index (χ1) is 16.8. The molecule has 2 heterocycles. The summed E-state index contributed by atoms with van der Waals surface area (Å²) < 4.78 is 23.6. The molecule has 0 bridgehead atoms. The minimum absolute atomic E-state index is 0.00451. The van der Waals surface area contributed by atoms with E-state index in [0.717, 1.165) is 32.1 Å². The lowest BCUT2D eigenvalue weighted by atomic mass is 10.1. The number of benzene rings is 1. The molecule has 1 saturated carbocycles. The van der Waals surface area contributed by atoms with Crippen LogP contribution in [0.15, 0.2) is 42.6 Å². The van der Waals surface area contributed by atoms with E-state index >= 15 is 0 Å². The van der Waals surface area contributed by atoms with Gasteiger partial charge in [-0.05, 0) is 70.2 Å². The molecular formula is C27H38FN3O4. The molecule has 2 amide bonds. The fourth-order valence-corrected chi connectivity index (χ4v) is 3.54. The molecule has 3 unspecified atom stereocenters. The second-order valence-electron chi connectivity index (χ2n) is 8.52. The summed E-state index contributed by atoms with van der Waals surface area (Å²) >= 11 is 0. The van der Waals surface area contributed by atoms with Crippen molar-refractivity contribution in [2.45, 2.75) is 91.1 Å². The number of ether oxygens (including phenoxy) is 2. The number of nitrogens with two attached hydrogens (primary N) is 1. The number of hydrogen-bond acceptors (Lipinski definition) is 5. The molecule has 35 heavy (non-hydrogen) atoms. The second-order valence-corrected chi connectivity index (χ2v) is 8.52. The number of primary amides is 1. The summed E-state index contributed by atoms with van der Waals surface area (Å²) in [6.45, 7) is 9.96. The van der Waals surface area contributed by atoms with E-state index in [4.69, 9.17) is 15.2 Å². The Labute approximate surface area is 207 Å². The van der Waals surface area contributed by atoms with Crippen molar-refractivity contribution in [3.63, 3.8) is 0 Å². The molecule has 192 valence electrons. The number of halogens is 1. The van der Waals surface area contributed by atoms with Crippen molar-refractivity contribution in [1.82, 2.24) is 4.98 Å². The minimum Gasteiger partial charge on any atom is -0.490 e. The van der Waals surface area contributed by atoms with Crippen molar-refractivity contribution >= 4 is 17.5 Å². The van der Waals surface area contributed by atoms with Crippen LogP contribution in [0.5, 0.6) is 5.75 Å². The number of anilines is 1. The normalized spacial score (nSPS) is 19.4. The van der Waals surface area contributed by atoms with Gasteiger partial charge in [0.1, 0.15) is 23.4 Å². The van der Waals surface area contributed by atoms with Gasteiger partial charge in [0.15, 0.2) is 0 Å². The quantitative estimate of drug-likeness (QED) is 0.574. The van der Waals surface area contributed by atoms with Crippen LogP contribution in [0.25, 0.3) is 0 Å². The predicted molar refractivity (Wildman–Crippen MR) is 135 cm³/mol. The number of hydrogen-bond donors (Lipinski definition) is 1. The predicted octanol–water partition coefficient (Wildman–Crippen LogP) is 5.27. The van der Waals surface area contributed by atoms with E-state index < -0.39 is 12.0 Å². The lowest BCUT2D eigenvalue weighted by Gasteiger charge is -2.31. The highest BCUT2D eigenvalue weighted by molar-refractivity contribution is 5.99. The summed E-state index contributed by atoms with van der Waals surface area (Å²) in [7, 11) is 0. The van der Waals surface area contributed by atoms with Crippen molar-refractivity contribution in [2.24, 2.45) is 5.73 Å². The summed E-state index contributed by atoms with van der Waals surface area (Å²) in [5.74, 6) is -0.264. The van der Waals surface area contributed by atoms with Gasteiger partial charge in [0.2, 0.25) is 0 Å². The van der Waals surface area contributed by atoms with Gasteiger partial charge in [-0.25, -0.2) is 4.39 Å². The Kier molecular flexibility index (Phi) is 11.1. The Bertz CT molecular complexity index is 967. The molecule has 0 spiro atoms. The Morgan fingerprint density at radius 2 is 1.91 bits per heavy atom. The second kappa shape index (κ2) is 13.8. The Hall–Kier alpha value is -3.00. The van der Waals surface area contributed by atoms with E-state index in [0.29, 0.717) is 17.5 Å². The van der Waals surface area contributed by atoms with E-state index in [1.807, 2.05) is 34.6 Å². The molecule has 8 heteroatoms. The lowest BCUT2D eigenvalue weighted by molar-refractivity contribution is -0.129. The summed E-state index contributed by atoms with van der Waals surface area (Å²) in [5, 5.41) is 0. The third-order valence-electron chi connectivity index (χ3n) is 5.67. The molecule has 2 fully saturated rings. The Morgan fingerprint density at radius 1 is 1.20 bits per heavy atom. The van der Waals surface area contributed by atoms with Crippen LogP contribution in [0.3, 0.4) is 0 Å². The van der Waals surface area contributed by atoms with E-state index in [9.17, 15) is 14.0 Å². The fraction of sp³-hybridized carbons (Fsp3) is 0.519. The van der Waals surface area contributed by atoms with Crippen molar-refractivity contribution in [2.75, 3.05) is 4.90 Å². The van der Waals surface area contributed by atoms with Gasteiger partial charge in [0, 0.05) is 24.0 Å². The van der Waals surface area contributed by atoms with Crippen LogP contribution in [-0.2, 0) is 9.53 Å². The Morgan fingerprint density at radius 3 is 2.46 bits per heavy atom. The van der Waals surface area contributed by atoms with Crippen LogP contribution in [0.1, 0.15) is 77.2 Å². The van der Waals surface area contributed by atoms with Gasteiger partial charge in [-0.15, -0.1) is 0 Å². The van der Waals surface area contributed by atoms with Crippen LogP contribution in [0.2, 0.25) is 0 Å². The van der Waals surface area contributed by atoms with Crippen LogP contribution in [-0.4, -0.2) is 41.2 Å². The SMILES string of the molecule is CC.CCC(C)N(C(=O)C1CCC(C)O1)c1ccnc(C(N)=O)c1.Fc1cccc(OC2CC2)c1. The highest BCUT2D eigenvalue weighted by atomic mass is 19.1. The van der Waals surface area contributed by atoms with Crippen LogP contribution in [0, 0.1) is 5.82 Å². The van der Waals surface area contributed by atoms with Gasteiger partial charge in [0.05, 0.1) is 12.2 Å². The molecule has 2 N–H and O–H groups in total. The number of carbonyl (C=O) groups excluding carboxylic acids is 2. The van der Waals surface area contributed by atoms with Gasteiger partial charge in [-0.1, -0.05) is 26.8 Å². The highest BCUT2D eigenvalue weighted by Crippen LogP contribution is 2.27. The number of amides is 2. The summed E-state index contributed by atoms with van der Waals surface area (Å²) in [5.41, 5.74) is 6.06. The first-order valence-electron chi connectivity index (χ1n) is 12.4. The van der Waals surface area contributed by atoms with Crippen molar-refractivity contribution in [3.8, 4) is 5.75 Å². The van der Waals surface area contributed by atoms with Gasteiger partial charge in [-0.3, -0.25) is 14.6 Å². The maximum absolute atomic E-state index is 12.8. The summed E-state index contributed by atoms with van der Waals surface area (Å²) in [4.78, 5) is 29.8. The number of nitrogens with zero attached hydrogens (tertiary/aromatic N) is 2. The molecular weight excluding hydrogens is 449 g/mol. The topological polar surface area (TPSA) is 94.8 Å². The van der Waals surface area contributed by atoms with E-state index in [2.05, 4.69) is 4.98 Å². The third kappa shape index (κ3) is 8.62. The maximum Gasteiger partial charge on any atom is 0.267 e. The molecule has 7 nitrogen and oxygen atoms in total. The van der Waals surface area contributed by atoms with E-state index in [1.165, 1.54) is 18.3 Å². The van der Waals surface area contributed by atoms with Crippen LogP contribution in [0.4, 0.5) is 10.1 Å². The lowest BCUT2D eigenvalue weighted by Crippen LogP contribution is -2.44. The Balaban J connectivity index is 0.000000276. The average Bonchev–Trinajstić information content (AvgIpc) is 3.56. The first kappa shape index (κ1) is 28.2. The third-order valence-corrected chi connectivity index (χ3v) is 5.67. The van der Waals surface area contributed by atoms with Crippen molar-refractivity contribution < 1.29 is 23.5 Å². The molecule has 1 aromatic heterocycles. The van der Waals surface area contributed by atoms with Crippen LogP contribution < -0.4 is 15.4 Å². The highest BCUT2D eigenvalue weighted by Gasteiger charge is 2.34. The number of rotatable bonds is 7. The zero-order valence-corrected chi connectivity index (χ0v) is 21.4. The zero-order chi connectivity index (χ0) is 26.0. The molecule has 0 radical (unpaired) electrons.